The fraction of sp³-hybridized carbons (Fsp3) is 0.385. The van der Waals surface area contributed by atoms with Crippen molar-refractivity contribution in [2.45, 2.75) is 6.67 Å². The zero-order chi connectivity index (χ0) is 13.9. The van der Waals surface area contributed by atoms with Crippen molar-refractivity contribution in [1.82, 2.24) is 14.7 Å². The lowest BCUT2D eigenvalue weighted by Gasteiger charge is -2.24. The Hall–Kier alpha value is -1.60. The molecule has 0 bridgehead atoms. The van der Waals surface area contributed by atoms with E-state index in [4.69, 9.17) is 4.42 Å². The molecule has 20 heavy (non-hydrogen) atoms. The molecule has 1 aromatic carbocycles. The molecule has 0 radical (unpaired) electrons. The molecule has 1 aliphatic heterocycles. The van der Waals surface area contributed by atoms with Gasteiger partial charge in [0, 0.05) is 30.2 Å². The van der Waals surface area contributed by atoms with Crippen molar-refractivity contribution in [3.63, 3.8) is 0 Å². The van der Waals surface area contributed by atoms with Gasteiger partial charge in [0.05, 0.1) is 0 Å². The Labute approximate surface area is 119 Å². The van der Waals surface area contributed by atoms with E-state index < -0.39 is 5.76 Å². The third-order valence-electron chi connectivity index (χ3n) is 3.14. The van der Waals surface area contributed by atoms with E-state index in [1.54, 1.807) is 12.1 Å². The summed E-state index contributed by atoms with van der Waals surface area (Å²) in [5.74, 6) is 1.54. The van der Waals surface area contributed by atoms with Crippen LogP contribution >= 0.6 is 11.8 Å². The van der Waals surface area contributed by atoms with Gasteiger partial charge in [0.2, 0.25) is 5.89 Å². The minimum absolute atomic E-state index is 0.224. The van der Waals surface area contributed by atoms with E-state index in [1.165, 1.54) is 16.8 Å². The lowest BCUT2D eigenvalue weighted by molar-refractivity contribution is 0.220. The highest BCUT2D eigenvalue weighted by Crippen LogP contribution is 2.16. The van der Waals surface area contributed by atoms with Crippen molar-refractivity contribution in [3.05, 3.63) is 40.6 Å². The first-order valence-electron chi connectivity index (χ1n) is 6.36. The lowest BCUT2D eigenvalue weighted by Crippen LogP contribution is -2.37. The monoisotopic (exact) mass is 295 g/mol. The molecule has 1 fully saturated rings. The van der Waals surface area contributed by atoms with Crippen molar-refractivity contribution in [2.24, 2.45) is 0 Å². The van der Waals surface area contributed by atoms with Gasteiger partial charge in [-0.15, -0.1) is 5.10 Å². The zero-order valence-electron chi connectivity index (χ0n) is 10.8. The average Bonchev–Trinajstić information content (AvgIpc) is 2.82. The molecule has 0 aliphatic carbocycles. The van der Waals surface area contributed by atoms with E-state index in [-0.39, 0.29) is 11.7 Å². The van der Waals surface area contributed by atoms with E-state index in [1.807, 2.05) is 11.8 Å². The van der Waals surface area contributed by atoms with Crippen molar-refractivity contribution in [3.8, 4) is 11.5 Å². The van der Waals surface area contributed by atoms with E-state index >= 15 is 0 Å². The Kier molecular flexibility index (Phi) is 3.88. The van der Waals surface area contributed by atoms with Crippen molar-refractivity contribution in [2.75, 3.05) is 24.6 Å². The summed E-state index contributed by atoms with van der Waals surface area (Å²) in [5.41, 5.74) is 0.594. The molecule has 2 aromatic rings. The number of hydrogen-bond donors (Lipinski definition) is 0. The van der Waals surface area contributed by atoms with Gasteiger partial charge >= 0.3 is 5.76 Å². The van der Waals surface area contributed by atoms with Crippen LogP contribution in [0.3, 0.4) is 0 Å². The smallest absolute Gasteiger partial charge is 0.388 e. The molecule has 0 N–H and O–H groups in total. The summed E-state index contributed by atoms with van der Waals surface area (Å²) in [6, 6.07) is 5.72. The summed E-state index contributed by atoms with van der Waals surface area (Å²) < 4.78 is 19.3. The minimum atomic E-state index is -0.484. The molecule has 0 amide bonds. The second-order valence-corrected chi connectivity index (χ2v) is 5.78. The molecule has 0 spiro atoms. The van der Waals surface area contributed by atoms with Crippen LogP contribution in [0.5, 0.6) is 0 Å². The van der Waals surface area contributed by atoms with Crippen molar-refractivity contribution < 1.29 is 8.81 Å². The van der Waals surface area contributed by atoms with Gasteiger partial charge in [0.15, 0.2) is 0 Å². The first kappa shape index (κ1) is 13.4. The van der Waals surface area contributed by atoms with Crippen LogP contribution in [-0.4, -0.2) is 39.3 Å². The number of nitrogens with zero attached hydrogens (tertiary/aromatic N) is 3. The van der Waals surface area contributed by atoms with Gasteiger partial charge in [-0.2, -0.15) is 16.4 Å². The number of rotatable bonds is 3. The van der Waals surface area contributed by atoms with Gasteiger partial charge in [0.25, 0.3) is 0 Å². The number of halogens is 1. The van der Waals surface area contributed by atoms with Crippen LogP contribution in [0.4, 0.5) is 4.39 Å². The molecule has 0 atom stereocenters. The SMILES string of the molecule is O=c1oc(-c2ccc(F)cc2)nn1CN1CCSCC1. The maximum absolute atomic E-state index is 12.9. The second kappa shape index (κ2) is 5.80. The largest absolute Gasteiger partial charge is 0.438 e. The maximum Gasteiger partial charge on any atom is 0.438 e. The third-order valence-corrected chi connectivity index (χ3v) is 4.08. The van der Waals surface area contributed by atoms with E-state index in [0.29, 0.717) is 12.2 Å². The molecule has 3 rings (SSSR count). The first-order chi connectivity index (χ1) is 9.72. The van der Waals surface area contributed by atoms with E-state index in [9.17, 15) is 9.18 Å². The van der Waals surface area contributed by atoms with Gasteiger partial charge in [0.1, 0.15) is 12.5 Å². The highest BCUT2D eigenvalue weighted by molar-refractivity contribution is 7.99. The fourth-order valence-electron chi connectivity index (χ4n) is 2.04. The molecule has 0 unspecified atom stereocenters. The van der Waals surface area contributed by atoms with Gasteiger partial charge in [-0.05, 0) is 24.3 Å². The summed E-state index contributed by atoms with van der Waals surface area (Å²) in [6.07, 6.45) is 0. The summed E-state index contributed by atoms with van der Waals surface area (Å²) in [6.45, 7) is 2.32. The quantitative estimate of drug-likeness (QED) is 0.862. The Morgan fingerprint density at radius 1 is 1.25 bits per heavy atom. The van der Waals surface area contributed by atoms with E-state index in [2.05, 4.69) is 10.00 Å². The number of aromatic nitrogens is 2. The lowest BCUT2D eigenvalue weighted by atomic mass is 10.2. The van der Waals surface area contributed by atoms with Gasteiger partial charge < -0.3 is 4.42 Å². The normalized spacial score (nSPS) is 16.4. The Bertz CT molecular complexity index is 632. The number of thioether (sulfide) groups is 1. The zero-order valence-corrected chi connectivity index (χ0v) is 11.6. The summed E-state index contributed by atoms with van der Waals surface area (Å²) in [7, 11) is 0. The summed E-state index contributed by atoms with van der Waals surface area (Å²) >= 11 is 1.91. The molecule has 7 heteroatoms. The standard InChI is InChI=1S/C13H14FN3O2S/c14-11-3-1-10(2-4-11)12-15-17(13(18)19-12)9-16-5-7-20-8-6-16/h1-4H,5-9H2. The van der Waals surface area contributed by atoms with E-state index in [0.717, 1.165) is 24.6 Å². The third kappa shape index (κ3) is 2.94. The minimum Gasteiger partial charge on any atom is -0.388 e. The molecule has 106 valence electrons. The topological polar surface area (TPSA) is 51.3 Å². The van der Waals surface area contributed by atoms with Crippen LogP contribution in [0.1, 0.15) is 0 Å². The molecule has 1 saturated heterocycles. The van der Waals surface area contributed by atoms with Crippen LogP contribution < -0.4 is 5.76 Å². The Morgan fingerprint density at radius 3 is 2.65 bits per heavy atom. The molecular formula is C13H14FN3O2S. The highest BCUT2D eigenvalue weighted by Gasteiger charge is 2.15. The van der Waals surface area contributed by atoms with Crippen LogP contribution in [0.2, 0.25) is 0 Å². The number of benzene rings is 1. The molecular weight excluding hydrogens is 281 g/mol. The summed E-state index contributed by atoms with van der Waals surface area (Å²) in [5, 5.41) is 4.17. The molecule has 0 saturated carbocycles. The fourth-order valence-corrected chi connectivity index (χ4v) is 3.02. The first-order valence-corrected chi connectivity index (χ1v) is 7.52. The van der Waals surface area contributed by atoms with Gasteiger partial charge in [-0.1, -0.05) is 0 Å². The molecule has 1 aromatic heterocycles. The number of hydrogen-bond acceptors (Lipinski definition) is 5. The predicted molar refractivity (Wildman–Crippen MR) is 75.1 cm³/mol. The predicted octanol–water partition coefficient (Wildman–Crippen LogP) is 1.65. The van der Waals surface area contributed by atoms with Crippen LogP contribution in [0.25, 0.3) is 11.5 Å². The highest BCUT2D eigenvalue weighted by atomic mass is 32.2. The van der Waals surface area contributed by atoms with Gasteiger partial charge in [-0.3, -0.25) is 4.90 Å². The molecule has 1 aliphatic rings. The maximum atomic E-state index is 12.9. The second-order valence-electron chi connectivity index (χ2n) is 4.55. The van der Waals surface area contributed by atoms with Crippen LogP contribution in [-0.2, 0) is 6.67 Å². The summed E-state index contributed by atoms with van der Waals surface area (Å²) in [4.78, 5) is 13.9. The van der Waals surface area contributed by atoms with Crippen LogP contribution in [0.15, 0.2) is 33.5 Å². The molecule has 5 nitrogen and oxygen atoms in total. The average molecular weight is 295 g/mol. The van der Waals surface area contributed by atoms with Crippen molar-refractivity contribution in [1.29, 1.82) is 0 Å². The van der Waals surface area contributed by atoms with Gasteiger partial charge in [-0.25, -0.2) is 9.18 Å². The Morgan fingerprint density at radius 2 is 1.95 bits per heavy atom. The van der Waals surface area contributed by atoms with Crippen LogP contribution in [0, 0.1) is 5.82 Å². The molecule has 2 heterocycles. The Balaban J connectivity index is 1.79. The van der Waals surface area contributed by atoms with Crippen molar-refractivity contribution >= 4 is 11.8 Å².